The molecular weight excluding hydrogens is 304 g/mol. The zero-order valence-electron chi connectivity index (χ0n) is 10.2. The summed E-state index contributed by atoms with van der Waals surface area (Å²) in [4.78, 5) is 0. The Kier molecular flexibility index (Phi) is 4.39. The molecular formula is C14H13BrN4. The molecule has 0 saturated heterocycles. The molecule has 0 unspecified atom stereocenters. The van der Waals surface area contributed by atoms with Gasteiger partial charge in [0.15, 0.2) is 0 Å². The first-order valence-electron chi connectivity index (χ1n) is 5.72. The van der Waals surface area contributed by atoms with E-state index in [2.05, 4.69) is 32.7 Å². The lowest BCUT2D eigenvalue weighted by molar-refractivity contribution is 1.14. The first kappa shape index (κ1) is 13.4. The number of nitrogens with two attached hydrogens (primary N) is 1. The second-order valence-corrected chi connectivity index (χ2v) is 4.86. The Bertz CT molecular complexity index is 602. The fraction of sp³-hybridized carbons (Fsp3) is 0.0714. The molecule has 0 aliphatic heterocycles. The first-order valence-corrected chi connectivity index (χ1v) is 6.51. The monoisotopic (exact) mass is 316 g/mol. The molecule has 0 fully saturated rings. The van der Waals surface area contributed by atoms with Crippen LogP contribution in [0.3, 0.4) is 0 Å². The Labute approximate surface area is 120 Å². The summed E-state index contributed by atoms with van der Waals surface area (Å²) in [7, 11) is 0. The lowest BCUT2D eigenvalue weighted by atomic mass is 10.1. The van der Waals surface area contributed by atoms with Crippen molar-refractivity contribution in [1.29, 1.82) is 5.26 Å². The van der Waals surface area contributed by atoms with E-state index in [0.717, 1.165) is 21.4 Å². The summed E-state index contributed by atoms with van der Waals surface area (Å²) in [5.41, 5.74) is 6.21. The molecule has 0 aromatic heterocycles. The number of nitrogens with zero attached hydrogens (tertiary/aromatic N) is 1. The SMILES string of the molecule is N#Cc1ccc(CNc2ccc(NN)cc2Br)cc1. The van der Waals surface area contributed by atoms with Crippen LogP contribution in [0.4, 0.5) is 11.4 Å². The van der Waals surface area contributed by atoms with Gasteiger partial charge in [-0.25, -0.2) is 0 Å². The lowest BCUT2D eigenvalue weighted by Gasteiger charge is -2.10. The summed E-state index contributed by atoms with van der Waals surface area (Å²) in [6.07, 6.45) is 0. The van der Waals surface area contributed by atoms with Gasteiger partial charge in [0.1, 0.15) is 0 Å². The molecule has 2 aromatic rings. The molecule has 0 aliphatic rings. The van der Waals surface area contributed by atoms with E-state index in [1.807, 2.05) is 42.5 Å². The van der Waals surface area contributed by atoms with E-state index in [4.69, 9.17) is 11.1 Å². The number of hydrazine groups is 1. The van der Waals surface area contributed by atoms with Crippen molar-refractivity contribution in [2.24, 2.45) is 5.84 Å². The molecule has 4 nitrogen and oxygen atoms in total. The minimum atomic E-state index is 0.670. The first-order chi connectivity index (χ1) is 9.22. The van der Waals surface area contributed by atoms with Crippen LogP contribution in [0.1, 0.15) is 11.1 Å². The van der Waals surface area contributed by atoms with Crippen molar-refractivity contribution >= 4 is 27.3 Å². The highest BCUT2D eigenvalue weighted by Crippen LogP contribution is 2.26. The van der Waals surface area contributed by atoms with Crippen molar-refractivity contribution in [3.8, 4) is 6.07 Å². The average molecular weight is 317 g/mol. The van der Waals surface area contributed by atoms with Crippen LogP contribution in [0, 0.1) is 11.3 Å². The highest BCUT2D eigenvalue weighted by atomic mass is 79.9. The van der Waals surface area contributed by atoms with Gasteiger partial charge < -0.3 is 10.7 Å². The summed E-state index contributed by atoms with van der Waals surface area (Å²) >= 11 is 3.48. The van der Waals surface area contributed by atoms with Crippen molar-refractivity contribution in [2.75, 3.05) is 10.7 Å². The molecule has 4 N–H and O–H groups in total. The number of benzene rings is 2. The molecule has 19 heavy (non-hydrogen) atoms. The number of nitriles is 1. The van der Waals surface area contributed by atoms with E-state index < -0.39 is 0 Å². The quantitative estimate of drug-likeness (QED) is 0.598. The lowest BCUT2D eigenvalue weighted by Crippen LogP contribution is -2.07. The number of hydrogen-bond donors (Lipinski definition) is 3. The van der Waals surface area contributed by atoms with E-state index in [0.29, 0.717) is 12.1 Å². The maximum atomic E-state index is 8.73. The number of rotatable bonds is 4. The van der Waals surface area contributed by atoms with Crippen LogP contribution in [0.2, 0.25) is 0 Å². The summed E-state index contributed by atoms with van der Waals surface area (Å²) in [6.45, 7) is 0.694. The van der Waals surface area contributed by atoms with Crippen molar-refractivity contribution in [3.63, 3.8) is 0 Å². The van der Waals surface area contributed by atoms with Gasteiger partial charge in [-0.2, -0.15) is 5.26 Å². The number of nitrogen functional groups attached to an aromatic ring is 1. The van der Waals surface area contributed by atoms with Gasteiger partial charge in [-0.15, -0.1) is 0 Å². The number of halogens is 1. The van der Waals surface area contributed by atoms with Crippen molar-refractivity contribution in [1.82, 2.24) is 0 Å². The maximum absolute atomic E-state index is 8.73. The molecule has 96 valence electrons. The van der Waals surface area contributed by atoms with E-state index in [1.54, 1.807) is 0 Å². The largest absolute Gasteiger partial charge is 0.380 e. The normalized spacial score (nSPS) is 9.74. The predicted octanol–water partition coefficient (Wildman–Crippen LogP) is 3.22. The molecule has 0 saturated carbocycles. The Morgan fingerprint density at radius 1 is 1.16 bits per heavy atom. The highest BCUT2D eigenvalue weighted by Gasteiger charge is 2.01. The second kappa shape index (κ2) is 6.23. The summed E-state index contributed by atoms with van der Waals surface area (Å²) in [5, 5.41) is 12.1. The Balaban J connectivity index is 2.04. The maximum Gasteiger partial charge on any atom is 0.0991 e. The molecule has 0 amide bonds. The molecule has 5 heteroatoms. The van der Waals surface area contributed by atoms with Gasteiger partial charge in [0.2, 0.25) is 0 Å². The van der Waals surface area contributed by atoms with Crippen LogP contribution in [0.15, 0.2) is 46.9 Å². The molecule has 0 aliphatic carbocycles. The zero-order chi connectivity index (χ0) is 13.7. The summed E-state index contributed by atoms with van der Waals surface area (Å²) in [5.74, 6) is 5.34. The smallest absolute Gasteiger partial charge is 0.0991 e. The van der Waals surface area contributed by atoms with Gasteiger partial charge in [0, 0.05) is 22.4 Å². The average Bonchev–Trinajstić information content (AvgIpc) is 2.46. The van der Waals surface area contributed by atoms with Gasteiger partial charge in [-0.1, -0.05) is 12.1 Å². The van der Waals surface area contributed by atoms with E-state index >= 15 is 0 Å². The molecule has 2 rings (SSSR count). The highest BCUT2D eigenvalue weighted by molar-refractivity contribution is 9.10. The van der Waals surface area contributed by atoms with Crippen molar-refractivity contribution < 1.29 is 0 Å². The number of anilines is 2. The van der Waals surface area contributed by atoms with Crippen LogP contribution < -0.4 is 16.6 Å². The molecule has 0 atom stereocenters. The molecule has 0 bridgehead atoms. The Morgan fingerprint density at radius 2 is 1.89 bits per heavy atom. The van der Waals surface area contributed by atoms with Crippen molar-refractivity contribution in [3.05, 3.63) is 58.1 Å². The topological polar surface area (TPSA) is 73.9 Å². The molecule has 0 spiro atoms. The third-order valence-corrected chi connectivity index (χ3v) is 3.36. The van der Waals surface area contributed by atoms with Gasteiger partial charge in [0.25, 0.3) is 0 Å². The second-order valence-electron chi connectivity index (χ2n) is 4.00. The van der Waals surface area contributed by atoms with Crippen LogP contribution in [0.25, 0.3) is 0 Å². The number of nitrogens with one attached hydrogen (secondary N) is 2. The van der Waals surface area contributed by atoms with Gasteiger partial charge in [-0.3, -0.25) is 5.84 Å². The summed E-state index contributed by atoms with van der Waals surface area (Å²) < 4.78 is 0.941. The van der Waals surface area contributed by atoms with E-state index in [1.165, 1.54) is 0 Å². The van der Waals surface area contributed by atoms with Gasteiger partial charge >= 0.3 is 0 Å². The standard InChI is InChI=1S/C14H13BrN4/c15-13-7-12(19-17)5-6-14(13)18-9-11-3-1-10(8-16)2-4-11/h1-7,18-19H,9,17H2. The molecule has 0 heterocycles. The third-order valence-electron chi connectivity index (χ3n) is 2.70. The third kappa shape index (κ3) is 3.47. The minimum Gasteiger partial charge on any atom is -0.380 e. The summed E-state index contributed by atoms with van der Waals surface area (Å²) in [6, 6.07) is 15.4. The zero-order valence-corrected chi connectivity index (χ0v) is 11.7. The Morgan fingerprint density at radius 3 is 2.47 bits per heavy atom. The van der Waals surface area contributed by atoms with Crippen LogP contribution in [-0.4, -0.2) is 0 Å². The van der Waals surface area contributed by atoms with Crippen molar-refractivity contribution in [2.45, 2.75) is 6.54 Å². The van der Waals surface area contributed by atoms with E-state index in [-0.39, 0.29) is 0 Å². The van der Waals surface area contributed by atoms with Gasteiger partial charge in [0.05, 0.1) is 11.6 Å². The minimum absolute atomic E-state index is 0.670. The van der Waals surface area contributed by atoms with Crippen LogP contribution in [0.5, 0.6) is 0 Å². The van der Waals surface area contributed by atoms with E-state index in [9.17, 15) is 0 Å². The van der Waals surface area contributed by atoms with Gasteiger partial charge in [-0.05, 0) is 51.8 Å². The number of hydrogen-bond acceptors (Lipinski definition) is 4. The Hall–Kier alpha value is -2.03. The van der Waals surface area contributed by atoms with Crippen LogP contribution in [-0.2, 0) is 6.54 Å². The van der Waals surface area contributed by atoms with Crippen LogP contribution >= 0.6 is 15.9 Å². The fourth-order valence-corrected chi connectivity index (χ4v) is 2.16. The fourth-order valence-electron chi connectivity index (χ4n) is 1.64. The predicted molar refractivity (Wildman–Crippen MR) is 80.4 cm³/mol. The molecule has 0 radical (unpaired) electrons. The molecule has 2 aromatic carbocycles.